The number of nitrogens with one attached hydrogen (secondary N) is 2. The van der Waals surface area contributed by atoms with E-state index >= 15 is 0 Å². The molecule has 2 aromatic carbocycles. The van der Waals surface area contributed by atoms with Crippen molar-refractivity contribution in [2.75, 3.05) is 6.61 Å². The van der Waals surface area contributed by atoms with Crippen molar-refractivity contribution in [3.63, 3.8) is 0 Å². The van der Waals surface area contributed by atoms with Crippen molar-refractivity contribution >= 4 is 22.6 Å². The number of benzene rings is 2. The number of aromatic nitrogens is 2. The number of carbonyl (C=O) groups excluding carboxylic acids is 2. The van der Waals surface area contributed by atoms with Gasteiger partial charge in [0.1, 0.15) is 5.75 Å². The lowest BCUT2D eigenvalue weighted by molar-refractivity contribution is -0.123. The van der Waals surface area contributed by atoms with Gasteiger partial charge in [-0.2, -0.15) is 5.10 Å². The molecule has 8 nitrogen and oxygen atoms in total. The molecule has 0 radical (unpaired) electrons. The summed E-state index contributed by atoms with van der Waals surface area (Å²) < 4.78 is 6.83. The van der Waals surface area contributed by atoms with E-state index in [1.54, 1.807) is 31.2 Å². The van der Waals surface area contributed by atoms with E-state index < -0.39 is 11.8 Å². The molecule has 0 saturated carbocycles. The lowest BCUT2D eigenvalue weighted by Crippen LogP contribution is -2.44. The highest BCUT2D eigenvalue weighted by Gasteiger charge is 2.17. The molecular formula is C22H24N4O4. The molecule has 3 rings (SSSR count). The monoisotopic (exact) mass is 408 g/mol. The summed E-state index contributed by atoms with van der Waals surface area (Å²) in [7, 11) is 0. The van der Waals surface area contributed by atoms with Crippen LogP contribution in [0.3, 0.4) is 0 Å². The topological polar surface area (TPSA) is 102 Å². The van der Waals surface area contributed by atoms with Crippen LogP contribution in [0.25, 0.3) is 10.8 Å². The minimum Gasteiger partial charge on any atom is -0.483 e. The van der Waals surface area contributed by atoms with Crippen LogP contribution in [0, 0.1) is 20.8 Å². The number of rotatable bonds is 5. The molecule has 2 amide bonds. The normalized spacial score (nSPS) is 10.7. The predicted octanol–water partition coefficient (Wildman–Crippen LogP) is 2.18. The number of nitrogens with zero attached hydrogens (tertiary/aromatic N) is 2. The summed E-state index contributed by atoms with van der Waals surface area (Å²) in [5.74, 6) is -0.495. The van der Waals surface area contributed by atoms with Crippen LogP contribution in [-0.4, -0.2) is 28.2 Å². The molecule has 8 heteroatoms. The molecule has 1 heterocycles. The van der Waals surface area contributed by atoms with Crippen molar-refractivity contribution in [2.24, 2.45) is 0 Å². The molecule has 1 aromatic heterocycles. The fraction of sp³-hybridized carbons (Fsp3) is 0.273. The van der Waals surface area contributed by atoms with E-state index in [0.29, 0.717) is 23.1 Å². The van der Waals surface area contributed by atoms with E-state index in [1.807, 2.05) is 32.9 Å². The van der Waals surface area contributed by atoms with Crippen molar-refractivity contribution in [1.82, 2.24) is 20.6 Å². The molecule has 0 saturated heterocycles. The third-order valence-electron chi connectivity index (χ3n) is 4.65. The van der Waals surface area contributed by atoms with Crippen LogP contribution in [0.15, 0.2) is 41.2 Å². The Kier molecular flexibility index (Phi) is 6.15. The van der Waals surface area contributed by atoms with Gasteiger partial charge in [0, 0.05) is 11.9 Å². The zero-order valence-corrected chi connectivity index (χ0v) is 17.4. The van der Waals surface area contributed by atoms with Crippen LogP contribution in [0.2, 0.25) is 0 Å². The SMILES string of the molecule is CCn1nc(C(=O)NNC(=O)COc2c(C)cc(C)cc2C)c2ccccc2c1=O. The van der Waals surface area contributed by atoms with Crippen LogP contribution in [0.5, 0.6) is 5.75 Å². The first-order chi connectivity index (χ1) is 14.3. The highest BCUT2D eigenvalue weighted by molar-refractivity contribution is 6.05. The maximum atomic E-state index is 12.6. The molecule has 3 aromatic rings. The molecule has 0 aliphatic heterocycles. The standard InChI is InChI=1S/C22H24N4O4/c1-5-26-22(29)17-9-7-6-8-16(17)19(25-26)21(28)24-23-18(27)12-30-20-14(3)10-13(2)11-15(20)4/h6-11H,5,12H2,1-4H3,(H,23,27)(H,24,28). The summed E-state index contributed by atoms with van der Waals surface area (Å²) in [6.07, 6.45) is 0. The number of hydrogen-bond acceptors (Lipinski definition) is 5. The zero-order valence-electron chi connectivity index (χ0n) is 17.4. The molecule has 0 spiro atoms. The van der Waals surface area contributed by atoms with Gasteiger partial charge in [-0.05, 0) is 44.9 Å². The highest BCUT2D eigenvalue weighted by atomic mass is 16.5. The summed E-state index contributed by atoms with van der Waals surface area (Å²) in [6, 6.07) is 10.7. The molecule has 0 unspecified atom stereocenters. The summed E-state index contributed by atoms with van der Waals surface area (Å²) in [5, 5.41) is 4.94. The number of ether oxygens (including phenoxy) is 1. The molecule has 156 valence electrons. The molecule has 2 N–H and O–H groups in total. The first-order valence-corrected chi connectivity index (χ1v) is 9.61. The Balaban J connectivity index is 1.70. The Bertz CT molecular complexity index is 1160. The van der Waals surface area contributed by atoms with Gasteiger partial charge in [0.2, 0.25) is 0 Å². The largest absolute Gasteiger partial charge is 0.483 e. The van der Waals surface area contributed by atoms with Crippen molar-refractivity contribution in [3.8, 4) is 5.75 Å². The van der Waals surface area contributed by atoms with Crippen LogP contribution < -0.4 is 21.1 Å². The van der Waals surface area contributed by atoms with Gasteiger partial charge >= 0.3 is 0 Å². The Morgan fingerprint density at radius 1 is 1.03 bits per heavy atom. The van der Waals surface area contributed by atoms with Crippen LogP contribution >= 0.6 is 0 Å². The molecule has 0 aliphatic carbocycles. The molecule has 0 fully saturated rings. The molecule has 30 heavy (non-hydrogen) atoms. The first kappa shape index (κ1) is 21.0. The Hall–Kier alpha value is -3.68. The average molecular weight is 408 g/mol. The second-order valence-electron chi connectivity index (χ2n) is 7.03. The minimum absolute atomic E-state index is 0.0542. The fourth-order valence-electron chi connectivity index (χ4n) is 3.37. The van der Waals surface area contributed by atoms with Gasteiger partial charge < -0.3 is 4.74 Å². The fourth-order valence-corrected chi connectivity index (χ4v) is 3.37. The lowest BCUT2D eigenvalue weighted by atomic mass is 10.1. The number of aryl methyl sites for hydroxylation is 4. The second-order valence-corrected chi connectivity index (χ2v) is 7.03. The van der Waals surface area contributed by atoms with E-state index in [0.717, 1.165) is 16.7 Å². The van der Waals surface area contributed by atoms with Crippen molar-refractivity contribution < 1.29 is 14.3 Å². The van der Waals surface area contributed by atoms with E-state index in [9.17, 15) is 14.4 Å². The quantitative estimate of drug-likeness (QED) is 0.630. The van der Waals surface area contributed by atoms with Gasteiger partial charge in [0.15, 0.2) is 12.3 Å². The number of hydrazine groups is 1. The molecule has 0 bridgehead atoms. The smallest absolute Gasteiger partial charge is 0.290 e. The van der Waals surface area contributed by atoms with Gasteiger partial charge in [0.05, 0.1) is 5.39 Å². The van der Waals surface area contributed by atoms with Gasteiger partial charge in [-0.3, -0.25) is 25.2 Å². The van der Waals surface area contributed by atoms with Crippen LogP contribution in [0.4, 0.5) is 0 Å². The molecule has 0 atom stereocenters. The third-order valence-corrected chi connectivity index (χ3v) is 4.65. The van der Waals surface area contributed by atoms with Gasteiger partial charge in [-0.25, -0.2) is 4.68 Å². The van der Waals surface area contributed by atoms with Gasteiger partial charge in [-0.15, -0.1) is 0 Å². The maximum absolute atomic E-state index is 12.6. The Labute approximate surface area is 173 Å². The van der Waals surface area contributed by atoms with Crippen molar-refractivity contribution in [3.05, 3.63) is 69.1 Å². The number of carbonyl (C=O) groups is 2. The molecule has 0 aliphatic rings. The minimum atomic E-state index is -0.621. The van der Waals surface area contributed by atoms with Crippen molar-refractivity contribution in [1.29, 1.82) is 0 Å². The average Bonchev–Trinajstić information content (AvgIpc) is 2.71. The summed E-state index contributed by atoms with van der Waals surface area (Å²) in [5.41, 5.74) is 7.43. The predicted molar refractivity (Wildman–Crippen MR) is 113 cm³/mol. The maximum Gasteiger partial charge on any atom is 0.290 e. The van der Waals surface area contributed by atoms with Gasteiger partial charge in [-0.1, -0.05) is 35.9 Å². The summed E-state index contributed by atoms with van der Waals surface area (Å²) in [4.78, 5) is 37.2. The van der Waals surface area contributed by atoms with E-state index in [2.05, 4.69) is 16.0 Å². The third kappa shape index (κ3) is 4.32. The second kappa shape index (κ2) is 8.77. The number of hydrogen-bond donors (Lipinski definition) is 2. The Morgan fingerprint density at radius 2 is 1.67 bits per heavy atom. The molecular weight excluding hydrogens is 384 g/mol. The van der Waals surface area contributed by atoms with E-state index in [-0.39, 0.29) is 17.9 Å². The van der Waals surface area contributed by atoms with Crippen LogP contribution in [0.1, 0.15) is 34.1 Å². The first-order valence-electron chi connectivity index (χ1n) is 9.61. The summed E-state index contributed by atoms with van der Waals surface area (Å²) >= 11 is 0. The van der Waals surface area contributed by atoms with E-state index in [1.165, 1.54) is 4.68 Å². The Morgan fingerprint density at radius 3 is 2.30 bits per heavy atom. The summed E-state index contributed by atoms with van der Waals surface area (Å²) in [6.45, 7) is 7.64. The van der Waals surface area contributed by atoms with E-state index in [4.69, 9.17) is 4.74 Å². The van der Waals surface area contributed by atoms with Crippen LogP contribution in [-0.2, 0) is 11.3 Å². The lowest BCUT2D eigenvalue weighted by Gasteiger charge is -2.14. The highest BCUT2D eigenvalue weighted by Crippen LogP contribution is 2.24. The number of fused-ring (bicyclic) bond motifs is 1. The van der Waals surface area contributed by atoms with Crippen molar-refractivity contribution in [2.45, 2.75) is 34.2 Å². The zero-order chi connectivity index (χ0) is 21.8. The number of amides is 2. The van der Waals surface area contributed by atoms with Gasteiger partial charge in [0.25, 0.3) is 17.4 Å².